The molecule has 0 saturated heterocycles. The summed E-state index contributed by atoms with van der Waals surface area (Å²) in [7, 11) is 0. The summed E-state index contributed by atoms with van der Waals surface area (Å²) in [6, 6.07) is 0. The molecule has 0 bridgehead atoms. The van der Waals surface area contributed by atoms with E-state index in [2.05, 4.69) is 38.5 Å². The zero-order chi connectivity index (χ0) is 11.7. The predicted molar refractivity (Wildman–Crippen MR) is 58.9 cm³/mol. The third kappa shape index (κ3) is 3.91. The number of carbonyl (C=O) groups excluding carboxylic acids is 1. The van der Waals surface area contributed by atoms with E-state index < -0.39 is 0 Å². The number of hydrogen-bond donors (Lipinski definition) is 2. The maximum Gasteiger partial charge on any atom is 0.329 e. The van der Waals surface area contributed by atoms with E-state index in [1.807, 2.05) is 6.08 Å². The van der Waals surface area contributed by atoms with Gasteiger partial charge in [0.15, 0.2) is 0 Å². The first-order valence-electron chi connectivity index (χ1n) is 5.15. The Morgan fingerprint density at radius 2 is 2.07 bits per heavy atom. The summed E-state index contributed by atoms with van der Waals surface area (Å²) in [5, 5.41) is 3.49. The van der Waals surface area contributed by atoms with Gasteiger partial charge in [-0.15, -0.1) is 0 Å². The molecule has 0 unspecified atom stereocenters. The molecule has 1 aliphatic rings. The Hall–Kier alpha value is -1.03. The zero-order valence-electron chi connectivity index (χ0n) is 10.1. The smallest absolute Gasteiger partial charge is 0.329 e. The van der Waals surface area contributed by atoms with Crippen LogP contribution in [-0.4, -0.2) is 17.0 Å². The second-order valence-corrected chi connectivity index (χ2v) is 5.27. The maximum absolute atomic E-state index is 10.7. The van der Waals surface area contributed by atoms with Crippen LogP contribution in [0.1, 0.15) is 41.0 Å². The molecule has 0 saturated carbocycles. The van der Waals surface area contributed by atoms with Gasteiger partial charge in [-0.2, -0.15) is 0 Å². The summed E-state index contributed by atoms with van der Waals surface area (Å²) in [6.07, 6.45) is 2.85. The standard InChI is InChI=1S/C11H20N2O2/c1-8(14)15-12-9-6-10(2,3)13-11(4,5)7-9/h6,12-13H,7H2,1-5H3. The van der Waals surface area contributed by atoms with Crippen molar-refractivity contribution in [2.24, 2.45) is 0 Å². The largest absolute Gasteiger partial charge is 0.344 e. The van der Waals surface area contributed by atoms with Gasteiger partial charge in [-0.1, -0.05) is 0 Å². The normalized spacial score (nSPS) is 22.9. The van der Waals surface area contributed by atoms with Crippen molar-refractivity contribution in [1.82, 2.24) is 10.8 Å². The van der Waals surface area contributed by atoms with Gasteiger partial charge in [0, 0.05) is 30.1 Å². The van der Waals surface area contributed by atoms with Crippen molar-refractivity contribution in [3.8, 4) is 0 Å². The molecule has 1 rings (SSSR count). The van der Waals surface area contributed by atoms with Crippen molar-refractivity contribution in [2.75, 3.05) is 0 Å². The molecule has 2 N–H and O–H groups in total. The van der Waals surface area contributed by atoms with E-state index in [4.69, 9.17) is 4.84 Å². The molecule has 86 valence electrons. The average molecular weight is 212 g/mol. The van der Waals surface area contributed by atoms with Crippen molar-refractivity contribution in [1.29, 1.82) is 0 Å². The van der Waals surface area contributed by atoms with E-state index in [0.29, 0.717) is 0 Å². The summed E-state index contributed by atoms with van der Waals surface area (Å²) in [5.74, 6) is -0.329. The van der Waals surface area contributed by atoms with Gasteiger partial charge in [0.2, 0.25) is 0 Å². The minimum Gasteiger partial charge on any atom is -0.344 e. The van der Waals surface area contributed by atoms with Crippen molar-refractivity contribution in [3.63, 3.8) is 0 Å². The average Bonchev–Trinajstić information content (AvgIpc) is 1.94. The fourth-order valence-corrected chi connectivity index (χ4v) is 2.12. The third-order valence-corrected chi connectivity index (χ3v) is 2.15. The van der Waals surface area contributed by atoms with Gasteiger partial charge < -0.3 is 10.2 Å². The highest BCUT2D eigenvalue weighted by atomic mass is 16.7. The molecule has 0 spiro atoms. The summed E-state index contributed by atoms with van der Waals surface area (Å²) >= 11 is 0. The zero-order valence-corrected chi connectivity index (χ0v) is 10.1. The number of carbonyl (C=O) groups is 1. The number of rotatable bonds is 2. The number of hydroxylamine groups is 1. The molecule has 0 fully saturated rings. The fourth-order valence-electron chi connectivity index (χ4n) is 2.12. The van der Waals surface area contributed by atoms with Crippen LogP contribution in [0.3, 0.4) is 0 Å². The van der Waals surface area contributed by atoms with Crippen molar-refractivity contribution < 1.29 is 9.63 Å². The minimum atomic E-state index is -0.329. The van der Waals surface area contributed by atoms with Crippen LogP contribution in [0.25, 0.3) is 0 Å². The van der Waals surface area contributed by atoms with E-state index in [1.54, 1.807) is 0 Å². The van der Waals surface area contributed by atoms with E-state index in [0.717, 1.165) is 12.1 Å². The van der Waals surface area contributed by atoms with E-state index >= 15 is 0 Å². The molecular formula is C11H20N2O2. The lowest BCUT2D eigenvalue weighted by Gasteiger charge is -2.40. The molecule has 0 radical (unpaired) electrons. The van der Waals surface area contributed by atoms with Gasteiger partial charge in [-0.3, -0.25) is 4.79 Å². The first kappa shape index (κ1) is 12.0. The lowest BCUT2D eigenvalue weighted by atomic mass is 9.87. The van der Waals surface area contributed by atoms with Crippen LogP contribution in [-0.2, 0) is 9.63 Å². The highest BCUT2D eigenvalue weighted by molar-refractivity contribution is 5.65. The van der Waals surface area contributed by atoms with E-state index in [9.17, 15) is 4.79 Å². The molecule has 15 heavy (non-hydrogen) atoms. The lowest BCUT2D eigenvalue weighted by Crippen LogP contribution is -2.55. The molecular weight excluding hydrogens is 192 g/mol. The highest BCUT2D eigenvalue weighted by Gasteiger charge is 2.32. The van der Waals surface area contributed by atoms with Crippen LogP contribution >= 0.6 is 0 Å². The molecule has 0 aromatic carbocycles. The molecule has 4 heteroatoms. The summed E-state index contributed by atoms with van der Waals surface area (Å²) < 4.78 is 0. The number of nitrogens with one attached hydrogen (secondary N) is 2. The first-order valence-corrected chi connectivity index (χ1v) is 5.15. The van der Waals surface area contributed by atoms with Crippen LogP contribution in [0.5, 0.6) is 0 Å². The van der Waals surface area contributed by atoms with Gasteiger partial charge in [-0.05, 0) is 33.8 Å². The molecule has 1 heterocycles. The van der Waals surface area contributed by atoms with Crippen LogP contribution in [0.4, 0.5) is 0 Å². The van der Waals surface area contributed by atoms with Crippen LogP contribution in [0.15, 0.2) is 11.8 Å². The quantitative estimate of drug-likeness (QED) is 0.681. The highest BCUT2D eigenvalue weighted by Crippen LogP contribution is 2.25. The Balaban J connectivity index is 2.71. The fraction of sp³-hybridized carbons (Fsp3) is 0.727. The van der Waals surface area contributed by atoms with Crippen LogP contribution < -0.4 is 10.8 Å². The predicted octanol–water partition coefficient (Wildman–Crippen LogP) is 1.49. The Bertz CT molecular complexity index is 293. The van der Waals surface area contributed by atoms with Gasteiger partial charge >= 0.3 is 5.97 Å². The molecule has 1 aliphatic heterocycles. The Labute approximate surface area is 91.0 Å². The summed E-state index contributed by atoms with van der Waals surface area (Å²) in [4.78, 5) is 15.5. The van der Waals surface area contributed by atoms with Gasteiger partial charge in [-0.25, -0.2) is 5.48 Å². The molecule has 0 aromatic rings. The molecule has 0 atom stereocenters. The third-order valence-electron chi connectivity index (χ3n) is 2.15. The summed E-state index contributed by atoms with van der Waals surface area (Å²) in [5.41, 5.74) is 3.56. The molecule has 4 nitrogen and oxygen atoms in total. The number of hydrogen-bond acceptors (Lipinski definition) is 4. The van der Waals surface area contributed by atoms with E-state index in [-0.39, 0.29) is 17.0 Å². The van der Waals surface area contributed by atoms with Gasteiger partial charge in [0.1, 0.15) is 0 Å². The Morgan fingerprint density at radius 3 is 2.53 bits per heavy atom. The van der Waals surface area contributed by atoms with Crippen molar-refractivity contribution in [2.45, 2.75) is 52.1 Å². The Kier molecular flexibility index (Phi) is 3.09. The topological polar surface area (TPSA) is 50.4 Å². The molecule has 0 amide bonds. The second-order valence-electron chi connectivity index (χ2n) is 5.27. The lowest BCUT2D eigenvalue weighted by molar-refractivity contribution is -0.147. The Morgan fingerprint density at radius 1 is 1.47 bits per heavy atom. The van der Waals surface area contributed by atoms with Crippen molar-refractivity contribution >= 4 is 5.97 Å². The SMILES string of the molecule is CC(=O)ONC1=CC(C)(C)NC(C)(C)C1. The second kappa shape index (κ2) is 3.85. The van der Waals surface area contributed by atoms with Gasteiger partial charge in [0.25, 0.3) is 0 Å². The first-order chi connectivity index (χ1) is 6.70. The minimum absolute atomic E-state index is 0.000727. The maximum atomic E-state index is 10.7. The van der Waals surface area contributed by atoms with E-state index in [1.165, 1.54) is 6.92 Å². The molecule has 0 aromatic heterocycles. The van der Waals surface area contributed by atoms with Crippen molar-refractivity contribution in [3.05, 3.63) is 11.8 Å². The van der Waals surface area contributed by atoms with Crippen LogP contribution in [0.2, 0.25) is 0 Å². The summed E-state index contributed by atoms with van der Waals surface area (Å²) in [6.45, 7) is 9.80. The monoisotopic (exact) mass is 212 g/mol. The molecule has 0 aliphatic carbocycles. The van der Waals surface area contributed by atoms with Gasteiger partial charge in [0.05, 0.1) is 0 Å². The van der Waals surface area contributed by atoms with Crippen LogP contribution in [0, 0.1) is 0 Å².